The lowest BCUT2D eigenvalue weighted by molar-refractivity contribution is -0.138. The van der Waals surface area contributed by atoms with Crippen molar-refractivity contribution in [2.75, 3.05) is 13.1 Å². The highest BCUT2D eigenvalue weighted by atomic mass is 16.6. The zero-order chi connectivity index (χ0) is 18.7. The van der Waals surface area contributed by atoms with Crippen LogP contribution >= 0.6 is 0 Å². The lowest BCUT2D eigenvalue weighted by Gasteiger charge is -2.20. The fraction of sp³-hybridized carbons (Fsp3) is 0.611. The molecule has 0 radical (unpaired) electrons. The molecule has 2 rings (SSSR count). The quantitative estimate of drug-likeness (QED) is 0.824. The van der Waals surface area contributed by atoms with Crippen LogP contribution in [0.25, 0.3) is 0 Å². The molecule has 0 unspecified atom stereocenters. The van der Waals surface area contributed by atoms with Crippen LogP contribution in [0.1, 0.15) is 65.7 Å². The molecule has 138 valence electrons. The molecule has 0 saturated carbocycles. The summed E-state index contributed by atoms with van der Waals surface area (Å²) >= 11 is 0. The number of hydrogen-bond acceptors (Lipinski definition) is 5. The van der Waals surface area contributed by atoms with E-state index in [0.717, 1.165) is 12.8 Å². The van der Waals surface area contributed by atoms with Crippen molar-refractivity contribution < 1.29 is 23.9 Å². The fourth-order valence-corrected chi connectivity index (χ4v) is 3.00. The van der Waals surface area contributed by atoms with Gasteiger partial charge in [0.2, 0.25) is 0 Å². The van der Waals surface area contributed by atoms with E-state index in [-0.39, 0.29) is 17.7 Å². The predicted molar refractivity (Wildman–Crippen MR) is 91.5 cm³/mol. The van der Waals surface area contributed by atoms with Gasteiger partial charge in [0.1, 0.15) is 5.69 Å². The summed E-state index contributed by atoms with van der Waals surface area (Å²) in [5, 5.41) is 0. The fourth-order valence-electron chi connectivity index (χ4n) is 3.00. The number of rotatable bonds is 5. The number of hydrogen-bond donors (Lipinski definition) is 1. The van der Waals surface area contributed by atoms with E-state index in [9.17, 15) is 14.4 Å². The third-order valence-corrected chi connectivity index (χ3v) is 4.24. The summed E-state index contributed by atoms with van der Waals surface area (Å²) in [4.78, 5) is 41.5. The molecule has 1 atom stereocenters. The van der Waals surface area contributed by atoms with E-state index < -0.39 is 18.0 Å². The molecular formula is C18H26N2O5. The van der Waals surface area contributed by atoms with E-state index in [0.29, 0.717) is 29.9 Å². The van der Waals surface area contributed by atoms with Gasteiger partial charge in [0.25, 0.3) is 5.91 Å². The van der Waals surface area contributed by atoms with Crippen LogP contribution in [-0.4, -0.2) is 53.0 Å². The van der Waals surface area contributed by atoms with Gasteiger partial charge in [-0.2, -0.15) is 0 Å². The molecular weight excluding hydrogens is 324 g/mol. The highest BCUT2D eigenvalue weighted by molar-refractivity contribution is 5.99. The topological polar surface area (TPSA) is 88.7 Å². The van der Waals surface area contributed by atoms with Crippen molar-refractivity contribution in [2.24, 2.45) is 0 Å². The van der Waals surface area contributed by atoms with Crippen LogP contribution in [0, 0.1) is 13.8 Å². The molecule has 0 bridgehead atoms. The first kappa shape index (κ1) is 19.0. The molecule has 2 heterocycles. The summed E-state index contributed by atoms with van der Waals surface area (Å²) in [5.74, 6) is -1.32. The van der Waals surface area contributed by atoms with Crippen LogP contribution in [0.2, 0.25) is 0 Å². The Morgan fingerprint density at radius 1 is 1.00 bits per heavy atom. The van der Waals surface area contributed by atoms with Gasteiger partial charge in [0, 0.05) is 18.8 Å². The van der Waals surface area contributed by atoms with Crippen LogP contribution in [0.4, 0.5) is 0 Å². The molecule has 1 amide bonds. The van der Waals surface area contributed by atoms with Crippen molar-refractivity contribution in [3.63, 3.8) is 0 Å². The molecule has 0 spiro atoms. The SMILES string of the molecule is Cc1[nH]c(C(=O)O[C@H](C)C(=O)N2CCCC2)c(C)c1C(=O)OC(C)C. The Bertz CT molecular complexity index is 671. The Kier molecular flexibility index (Phi) is 5.87. The van der Waals surface area contributed by atoms with Crippen LogP contribution in [-0.2, 0) is 14.3 Å². The Hall–Kier alpha value is -2.31. The smallest absolute Gasteiger partial charge is 0.355 e. The molecule has 1 saturated heterocycles. The summed E-state index contributed by atoms with van der Waals surface area (Å²) in [6.07, 6.45) is 0.833. The zero-order valence-electron chi connectivity index (χ0n) is 15.5. The Labute approximate surface area is 147 Å². The number of nitrogens with one attached hydrogen (secondary N) is 1. The van der Waals surface area contributed by atoms with Gasteiger partial charge in [-0.15, -0.1) is 0 Å². The lowest BCUT2D eigenvalue weighted by Crippen LogP contribution is -2.38. The van der Waals surface area contributed by atoms with Crippen molar-refractivity contribution >= 4 is 17.8 Å². The van der Waals surface area contributed by atoms with E-state index in [2.05, 4.69) is 4.98 Å². The number of amides is 1. The lowest BCUT2D eigenvalue weighted by atomic mass is 10.1. The standard InChI is InChI=1S/C18H26N2O5/c1-10(2)24-17(22)14-11(3)15(19-12(14)4)18(23)25-13(5)16(21)20-8-6-7-9-20/h10,13,19H,6-9H2,1-5H3/t13-/m1/s1. The molecule has 7 heteroatoms. The molecule has 7 nitrogen and oxygen atoms in total. The molecule has 1 fully saturated rings. The Balaban J connectivity index is 2.11. The number of esters is 2. The number of H-pyrrole nitrogens is 1. The number of aryl methyl sites for hydroxylation is 1. The Morgan fingerprint density at radius 2 is 1.60 bits per heavy atom. The molecule has 1 aliphatic rings. The first-order chi connectivity index (χ1) is 11.7. The van der Waals surface area contributed by atoms with Crippen molar-refractivity contribution in [1.82, 2.24) is 9.88 Å². The number of carbonyl (C=O) groups is 3. The summed E-state index contributed by atoms with van der Waals surface area (Å²) in [7, 11) is 0. The van der Waals surface area contributed by atoms with Crippen LogP contribution in [0.3, 0.4) is 0 Å². The molecule has 1 aromatic rings. The van der Waals surface area contributed by atoms with Gasteiger partial charge in [-0.1, -0.05) is 0 Å². The van der Waals surface area contributed by atoms with E-state index in [1.807, 2.05) is 0 Å². The van der Waals surface area contributed by atoms with Crippen molar-refractivity contribution in [1.29, 1.82) is 0 Å². The number of ether oxygens (including phenoxy) is 2. The van der Waals surface area contributed by atoms with Crippen molar-refractivity contribution in [3.8, 4) is 0 Å². The minimum absolute atomic E-state index is 0.175. The minimum atomic E-state index is -0.861. The van der Waals surface area contributed by atoms with Crippen LogP contribution in [0.15, 0.2) is 0 Å². The average molecular weight is 350 g/mol. The minimum Gasteiger partial charge on any atom is -0.459 e. The molecule has 25 heavy (non-hydrogen) atoms. The van der Waals surface area contributed by atoms with Crippen LogP contribution < -0.4 is 0 Å². The third kappa shape index (κ3) is 4.21. The third-order valence-electron chi connectivity index (χ3n) is 4.24. The van der Waals surface area contributed by atoms with Crippen molar-refractivity contribution in [2.45, 2.75) is 59.7 Å². The first-order valence-electron chi connectivity index (χ1n) is 8.62. The van der Waals surface area contributed by atoms with E-state index in [1.165, 1.54) is 0 Å². The second kappa shape index (κ2) is 7.72. The second-order valence-corrected chi connectivity index (χ2v) is 6.66. The molecule has 1 aliphatic heterocycles. The molecule has 0 aromatic carbocycles. The normalized spacial score (nSPS) is 15.4. The van der Waals surface area contributed by atoms with Crippen molar-refractivity contribution in [3.05, 3.63) is 22.5 Å². The van der Waals surface area contributed by atoms with Gasteiger partial charge in [-0.05, 0) is 53.0 Å². The van der Waals surface area contributed by atoms with Gasteiger partial charge < -0.3 is 19.4 Å². The number of likely N-dealkylation sites (tertiary alicyclic amines) is 1. The molecule has 0 aliphatic carbocycles. The molecule has 1 aromatic heterocycles. The number of aromatic amines is 1. The van der Waals surface area contributed by atoms with E-state index in [1.54, 1.807) is 39.5 Å². The number of carbonyl (C=O) groups excluding carboxylic acids is 3. The largest absolute Gasteiger partial charge is 0.459 e. The summed E-state index contributed by atoms with van der Waals surface area (Å²) in [6, 6.07) is 0. The first-order valence-corrected chi connectivity index (χ1v) is 8.62. The summed E-state index contributed by atoms with van der Waals surface area (Å²) in [6.45, 7) is 9.84. The zero-order valence-corrected chi connectivity index (χ0v) is 15.5. The van der Waals surface area contributed by atoms with Gasteiger partial charge >= 0.3 is 11.9 Å². The van der Waals surface area contributed by atoms with Crippen LogP contribution in [0.5, 0.6) is 0 Å². The van der Waals surface area contributed by atoms with Gasteiger partial charge in [0.05, 0.1) is 11.7 Å². The highest BCUT2D eigenvalue weighted by Gasteiger charge is 2.29. The van der Waals surface area contributed by atoms with E-state index >= 15 is 0 Å². The maximum atomic E-state index is 12.4. The Morgan fingerprint density at radius 3 is 2.16 bits per heavy atom. The average Bonchev–Trinajstić information content (AvgIpc) is 3.13. The maximum absolute atomic E-state index is 12.4. The summed E-state index contributed by atoms with van der Waals surface area (Å²) in [5.41, 5.74) is 1.51. The maximum Gasteiger partial charge on any atom is 0.355 e. The van der Waals surface area contributed by atoms with Gasteiger partial charge in [0.15, 0.2) is 6.10 Å². The summed E-state index contributed by atoms with van der Waals surface area (Å²) < 4.78 is 10.5. The van der Waals surface area contributed by atoms with Gasteiger partial charge in [-0.3, -0.25) is 4.79 Å². The number of aromatic nitrogens is 1. The monoisotopic (exact) mass is 350 g/mol. The predicted octanol–water partition coefficient (Wildman–Crippen LogP) is 2.36. The number of nitrogens with zero attached hydrogens (tertiary/aromatic N) is 1. The second-order valence-electron chi connectivity index (χ2n) is 6.66. The molecule has 1 N–H and O–H groups in total. The highest BCUT2D eigenvalue weighted by Crippen LogP contribution is 2.21. The van der Waals surface area contributed by atoms with Gasteiger partial charge in [-0.25, -0.2) is 9.59 Å². The van der Waals surface area contributed by atoms with E-state index in [4.69, 9.17) is 9.47 Å².